The van der Waals surface area contributed by atoms with Gasteiger partial charge >= 0.3 is 0 Å². The Morgan fingerprint density at radius 2 is 1.91 bits per heavy atom. The Balaban J connectivity index is 3.71. The predicted molar refractivity (Wildman–Crippen MR) is 52.5 cm³/mol. The summed E-state index contributed by atoms with van der Waals surface area (Å²) in [6.45, 7) is 14.0. The summed E-state index contributed by atoms with van der Waals surface area (Å²) < 4.78 is 0. The van der Waals surface area contributed by atoms with Crippen molar-refractivity contribution in [1.82, 2.24) is 0 Å². The third-order valence-electron chi connectivity index (χ3n) is 1.49. The maximum absolute atomic E-state index is 3.90. The molecule has 0 heteroatoms. The molecule has 0 rings (SSSR count). The van der Waals surface area contributed by atoms with Gasteiger partial charge in [-0.25, -0.2) is 0 Å². The minimum atomic E-state index is 0.632. The molecule has 0 N–H and O–H groups in total. The van der Waals surface area contributed by atoms with Crippen molar-refractivity contribution in [1.29, 1.82) is 0 Å². The fourth-order valence-corrected chi connectivity index (χ4v) is 0.657. The van der Waals surface area contributed by atoms with Crippen molar-refractivity contribution in [2.75, 3.05) is 0 Å². The molecule has 0 saturated heterocycles. The van der Waals surface area contributed by atoms with Gasteiger partial charge in [0.15, 0.2) is 0 Å². The average molecular weight is 150 g/mol. The zero-order chi connectivity index (χ0) is 8.85. The maximum atomic E-state index is 3.90. The van der Waals surface area contributed by atoms with Crippen molar-refractivity contribution >= 4 is 0 Å². The molecule has 0 aliphatic rings. The third-order valence-corrected chi connectivity index (χ3v) is 1.49. The van der Waals surface area contributed by atoms with E-state index < -0.39 is 0 Å². The quantitative estimate of drug-likeness (QED) is 0.423. The van der Waals surface area contributed by atoms with Gasteiger partial charge in [-0.3, -0.25) is 0 Å². The lowest BCUT2D eigenvalue weighted by molar-refractivity contribution is 0.827. The molecular formula is C11H18. The van der Waals surface area contributed by atoms with E-state index in [9.17, 15) is 0 Å². The van der Waals surface area contributed by atoms with Gasteiger partial charge in [-0.05, 0) is 24.8 Å². The van der Waals surface area contributed by atoms with Gasteiger partial charge in [0.1, 0.15) is 0 Å². The molecule has 0 aromatic carbocycles. The summed E-state index contributed by atoms with van der Waals surface area (Å²) in [5.41, 5.74) is 2.21. The lowest BCUT2D eigenvalue weighted by Crippen LogP contribution is -1.81. The number of hydrogen-bond donors (Lipinski definition) is 0. The second-order valence-electron chi connectivity index (χ2n) is 3.26. The topological polar surface area (TPSA) is 0 Å². The minimum Gasteiger partial charge on any atom is -0.0958 e. The van der Waals surface area contributed by atoms with Crippen molar-refractivity contribution in [3.05, 3.63) is 36.5 Å². The van der Waals surface area contributed by atoms with Crippen LogP contribution in [0.15, 0.2) is 36.5 Å². The average Bonchev–Trinajstić information content (AvgIpc) is 1.86. The first-order valence-corrected chi connectivity index (χ1v) is 4.04. The van der Waals surface area contributed by atoms with Gasteiger partial charge < -0.3 is 0 Å². The Morgan fingerprint density at radius 1 is 1.36 bits per heavy atom. The van der Waals surface area contributed by atoms with E-state index in [0.717, 1.165) is 17.6 Å². The van der Waals surface area contributed by atoms with Crippen LogP contribution in [0.5, 0.6) is 0 Å². The molecule has 0 aliphatic heterocycles. The van der Waals surface area contributed by atoms with Crippen LogP contribution in [0.1, 0.15) is 27.2 Å². The molecular weight excluding hydrogens is 132 g/mol. The molecule has 0 saturated carbocycles. The van der Waals surface area contributed by atoms with Crippen LogP contribution in [-0.4, -0.2) is 0 Å². The van der Waals surface area contributed by atoms with Crippen LogP contribution in [0.2, 0.25) is 0 Å². The van der Waals surface area contributed by atoms with Gasteiger partial charge in [0.2, 0.25) is 0 Å². The largest absolute Gasteiger partial charge is 0.0958 e. The van der Waals surface area contributed by atoms with Crippen molar-refractivity contribution < 1.29 is 0 Å². The second-order valence-corrected chi connectivity index (χ2v) is 3.26. The molecule has 0 nitrogen and oxygen atoms in total. The number of hydrogen-bond acceptors (Lipinski definition) is 0. The first-order chi connectivity index (χ1) is 5.04. The Morgan fingerprint density at radius 3 is 2.27 bits per heavy atom. The lowest BCUT2D eigenvalue weighted by Gasteiger charge is -1.99. The van der Waals surface area contributed by atoms with E-state index in [1.807, 2.05) is 6.92 Å². The van der Waals surface area contributed by atoms with Gasteiger partial charge in [0.25, 0.3) is 0 Å². The SMILES string of the molecule is C=C(C)C(=C)C/C=C/C(C)C. The summed E-state index contributed by atoms with van der Waals surface area (Å²) in [4.78, 5) is 0. The highest BCUT2D eigenvalue weighted by atomic mass is 14.0. The van der Waals surface area contributed by atoms with Crippen LogP contribution in [0.4, 0.5) is 0 Å². The van der Waals surface area contributed by atoms with Crippen molar-refractivity contribution in [3.8, 4) is 0 Å². The van der Waals surface area contributed by atoms with Crippen LogP contribution < -0.4 is 0 Å². The van der Waals surface area contributed by atoms with E-state index in [4.69, 9.17) is 0 Å². The molecule has 0 aromatic heterocycles. The zero-order valence-corrected chi connectivity index (χ0v) is 7.85. The van der Waals surface area contributed by atoms with Gasteiger partial charge in [-0.1, -0.05) is 44.7 Å². The Bertz CT molecular complexity index is 170. The monoisotopic (exact) mass is 150 g/mol. The highest BCUT2D eigenvalue weighted by Crippen LogP contribution is 2.09. The van der Waals surface area contributed by atoms with Crippen molar-refractivity contribution in [2.24, 2.45) is 5.92 Å². The molecule has 0 atom stereocenters. The molecule has 0 unspecified atom stereocenters. The Kier molecular flexibility index (Phi) is 4.60. The second kappa shape index (κ2) is 4.95. The fourth-order valence-electron chi connectivity index (χ4n) is 0.657. The van der Waals surface area contributed by atoms with Crippen LogP contribution in [0.25, 0.3) is 0 Å². The molecule has 0 heterocycles. The lowest BCUT2D eigenvalue weighted by atomic mass is 10.1. The summed E-state index contributed by atoms with van der Waals surface area (Å²) in [5, 5.41) is 0. The van der Waals surface area contributed by atoms with E-state index in [1.54, 1.807) is 0 Å². The van der Waals surface area contributed by atoms with E-state index in [0.29, 0.717) is 5.92 Å². The molecule has 0 bridgehead atoms. The van der Waals surface area contributed by atoms with Crippen LogP contribution >= 0.6 is 0 Å². The highest BCUT2D eigenvalue weighted by Gasteiger charge is 1.90. The van der Waals surface area contributed by atoms with E-state index in [-0.39, 0.29) is 0 Å². The summed E-state index contributed by atoms with van der Waals surface area (Å²) in [6, 6.07) is 0. The van der Waals surface area contributed by atoms with Crippen LogP contribution in [-0.2, 0) is 0 Å². The molecule has 0 amide bonds. The fraction of sp³-hybridized carbons (Fsp3) is 0.455. The summed E-state index contributed by atoms with van der Waals surface area (Å²) in [5.74, 6) is 0.632. The molecule has 0 aliphatic carbocycles. The zero-order valence-electron chi connectivity index (χ0n) is 7.85. The molecule has 11 heavy (non-hydrogen) atoms. The number of rotatable bonds is 4. The summed E-state index contributed by atoms with van der Waals surface area (Å²) >= 11 is 0. The molecule has 0 fully saturated rings. The van der Waals surface area contributed by atoms with E-state index in [2.05, 4.69) is 39.2 Å². The normalized spacial score (nSPS) is 10.9. The van der Waals surface area contributed by atoms with E-state index >= 15 is 0 Å². The smallest absolute Gasteiger partial charge is 0.0101 e. The molecule has 0 spiro atoms. The summed E-state index contributed by atoms with van der Waals surface area (Å²) in [7, 11) is 0. The minimum absolute atomic E-state index is 0.632. The van der Waals surface area contributed by atoms with E-state index in [1.165, 1.54) is 0 Å². The maximum Gasteiger partial charge on any atom is -0.0101 e. The molecule has 0 aromatic rings. The van der Waals surface area contributed by atoms with Gasteiger partial charge in [0, 0.05) is 0 Å². The van der Waals surface area contributed by atoms with Crippen LogP contribution in [0.3, 0.4) is 0 Å². The molecule has 62 valence electrons. The van der Waals surface area contributed by atoms with Gasteiger partial charge in [-0.15, -0.1) is 0 Å². The predicted octanol–water partition coefficient (Wildman–Crippen LogP) is 3.72. The number of allylic oxidation sites excluding steroid dienone is 4. The van der Waals surface area contributed by atoms with Gasteiger partial charge in [-0.2, -0.15) is 0 Å². The highest BCUT2D eigenvalue weighted by molar-refractivity contribution is 5.24. The van der Waals surface area contributed by atoms with Crippen LogP contribution in [0, 0.1) is 5.92 Å². The summed E-state index contributed by atoms with van der Waals surface area (Å²) in [6.07, 6.45) is 5.28. The first kappa shape index (κ1) is 10.2. The first-order valence-electron chi connectivity index (χ1n) is 4.04. The third kappa shape index (κ3) is 5.65. The van der Waals surface area contributed by atoms with Gasteiger partial charge in [0.05, 0.1) is 0 Å². The Hall–Kier alpha value is -0.780. The molecule has 0 radical (unpaired) electrons. The standard InChI is InChI=1S/C11H18/c1-9(2)7-6-8-11(5)10(3)4/h6-7,9H,3,5,8H2,1-2,4H3/b7-6+. The Labute approximate surface area is 70.3 Å². The van der Waals surface area contributed by atoms with Crippen molar-refractivity contribution in [2.45, 2.75) is 27.2 Å². The van der Waals surface area contributed by atoms with Crippen molar-refractivity contribution in [3.63, 3.8) is 0 Å².